The van der Waals surface area contributed by atoms with Crippen molar-refractivity contribution in [1.82, 2.24) is 0 Å². The van der Waals surface area contributed by atoms with E-state index in [0.29, 0.717) is 0 Å². The monoisotopic (exact) mass is 294 g/mol. The molecule has 0 aliphatic heterocycles. The van der Waals surface area contributed by atoms with Crippen molar-refractivity contribution in [1.29, 1.82) is 0 Å². The summed E-state index contributed by atoms with van der Waals surface area (Å²) in [6.45, 7) is 0. The summed E-state index contributed by atoms with van der Waals surface area (Å²) in [5.41, 5.74) is 0. The van der Waals surface area contributed by atoms with Crippen LogP contribution in [0.1, 0.15) is 0 Å². The van der Waals surface area contributed by atoms with Crippen LogP contribution in [0.15, 0.2) is 48.5 Å². The molecule has 2 aromatic carbocycles. The molecule has 3 heteroatoms. The molecule has 0 aliphatic carbocycles. The molecule has 0 amide bonds. The maximum atomic E-state index is 5.27. The Hall–Kier alpha value is -1.44. The first kappa shape index (κ1) is 12.0. The SMILES string of the molecule is COc1cc(OC)cc([Se]c2ccccc2)c1. The molecule has 0 N–H and O–H groups in total. The average molecular weight is 293 g/mol. The van der Waals surface area contributed by atoms with Gasteiger partial charge in [0.15, 0.2) is 0 Å². The zero-order valence-electron chi connectivity index (χ0n) is 9.84. The molecule has 2 aromatic rings. The Morgan fingerprint density at radius 2 is 1.35 bits per heavy atom. The van der Waals surface area contributed by atoms with Gasteiger partial charge in [-0.3, -0.25) is 0 Å². The van der Waals surface area contributed by atoms with Crippen LogP contribution < -0.4 is 18.4 Å². The zero-order chi connectivity index (χ0) is 12.1. The molecule has 0 spiro atoms. The van der Waals surface area contributed by atoms with Gasteiger partial charge >= 0.3 is 108 Å². The first-order chi connectivity index (χ1) is 8.31. The van der Waals surface area contributed by atoms with Crippen molar-refractivity contribution in [2.24, 2.45) is 0 Å². The van der Waals surface area contributed by atoms with Gasteiger partial charge in [-0.25, -0.2) is 0 Å². The zero-order valence-corrected chi connectivity index (χ0v) is 11.6. The van der Waals surface area contributed by atoms with E-state index >= 15 is 0 Å². The second-order valence-electron chi connectivity index (χ2n) is 3.46. The second-order valence-corrected chi connectivity index (χ2v) is 5.87. The van der Waals surface area contributed by atoms with E-state index in [1.165, 1.54) is 8.92 Å². The normalized spacial score (nSPS) is 10.0. The number of rotatable bonds is 4. The Morgan fingerprint density at radius 3 is 1.88 bits per heavy atom. The minimum atomic E-state index is 0.281. The van der Waals surface area contributed by atoms with E-state index in [4.69, 9.17) is 9.47 Å². The average Bonchev–Trinajstić information content (AvgIpc) is 2.39. The molecule has 0 saturated heterocycles. The van der Waals surface area contributed by atoms with Crippen LogP contribution in [0.5, 0.6) is 11.5 Å². The van der Waals surface area contributed by atoms with Gasteiger partial charge in [-0.1, -0.05) is 0 Å². The van der Waals surface area contributed by atoms with Crippen LogP contribution in [0.2, 0.25) is 0 Å². The van der Waals surface area contributed by atoms with Crippen LogP contribution >= 0.6 is 0 Å². The summed E-state index contributed by atoms with van der Waals surface area (Å²) in [5, 5.41) is 0. The van der Waals surface area contributed by atoms with Crippen LogP contribution in [0.4, 0.5) is 0 Å². The van der Waals surface area contributed by atoms with Crippen LogP contribution in [0, 0.1) is 0 Å². The third-order valence-electron chi connectivity index (χ3n) is 2.30. The molecular weight excluding hydrogens is 279 g/mol. The van der Waals surface area contributed by atoms with E-state index in [0.717, 1.165) is 11.5 Å². The Bertz CT molecular complexity index is 461. The van der Waals surface area contributed by atoms with Crippen molar-refractivity contribution < 1.29 is 9.47 Å². The standard InChI is InChI=1S/C14H14O2Se/c1-15-11-8-12(16-2)10-14(9-11)17-13-6-4-3-5-7-13/h3-10H,1-2H3. The molecule has 0 aliphatic rings. The number of methoxy groups -OCH3 is 2. The molecule has 88 valence electrons. The van der Waals surface area contributed by atoms with Gasteiger partial charge in [-0.05, 0) is 0 Å². The van der Waals surface area contributed by atoms with E-state index in [1.807, 2.05) is 12.1 Å². The molecular formula is C14H14O2Se. The van der Waals surface area contributed by atoms with Gasteiger partial charge in [0.05, 0.1) is 0 Å². The summed E-state index contributed by atoms with van der Waals surface area (Å²) in [7, 11) is 3.35. The number of ether oxygens (including phenoxy) is 2. The van der Waals surface area contributed by atoms with Gasteiger partial charge in [0.2, 0.25) is 0 Å². The van der Waals surface area contributed by atoms with Crippen molar-refractivity contribution in [3.05, 3.63) is 48.5 Å². The third kappa shape index (κ3) is 3.26. The van der Waals surface area contributed by atoms with Crippen LogP contribution in [0.3, 0.4) is 0 Å². The van der Waals surface area contributed by atoms with E-state index in [9.17, 15) is 0 Å². The van der Waals surface area contributed by atoms with E-state index in [2.05, 4.69) is 36.4 Å². The molecule has 0 fully saturated rings. The molecule has 0 saturated carbocycles. The summed E-state index contributed by atoms with van der Waals surface area (Å²) in [6.07, 6.45) is 0. The summed E-state index contributed by atoms with van der Waals surface area (Å²) in [5.74, 6) is 1.69. The van der Waals surface area contributed by atoms with Crippen LogP contribution in [-0.4, -0.2) is 29.2 Å². The first-order valence-corrected chi connectivity index (χ1v) is 6.99. The molecule has 2 rings (SSSR count). The number of benzene rings is 2. The molecule has 0 heterocycles. The molecule has 2 nitrogen and oxygen atoms in total. The minimum absolute atomic E-state index is 0.281. The Balaban J connectivity index is 2.26. The van der Waals surface area contributed by atoms with E-state index in [-0.39, 0.29) is 15.0 Å². The van der Waals surface area contributed by atoms with Gasteiger partial charge in [0.1, 0.15) is 0 Å². The fourth-order valence-corrected chi connectivity index (χ4v) is 3.39. The predicted octanol–water partition coefficient (Wildman–Crippen LogP) is 1.36. The van der Waals surface area contributed by atoms with Crippen LogP contribution in [-0.2, 0) is 0 Å². The molecule has 0 radical (unpaired) electrons. The van der Waals surface area contributed by atoms with Crippen LogP contribution in [0.25, 0.3) is 0 Å². The third-order valence-corrected chi connectivity index (χ3v) is 4.36. The van der Waals surface area contributed by atoms with Gasteiger partial charge < -0.3 is 0 Å². The quantitative estimate of drug-likeness (QED) is 0.793. The molecule has 0 unspecified atom stereocenters. The van der Waals surface area contributed by atoms with Crippen molar-refractivity contribution >= 4 is 23.9 Å². The maximum absolute atomic E-state index is 5.27. The van der Waals surface area contributed by atoms with E-state index < -0.39 is 0 Å². The molecule has 0 aromatic heterocycles. The van der Waals surface area contributed by atoms with Gasteiger partial charge in [0, 0.05) is 0 Å². The Morgan fingerprint density at radius 1 is 0.765 bits per heavy atom. The molecule has 0 bridgehead atoms. The predicted molar refractivity (Wildman–Crippen MR) is 71.0 cm³/mol. The molecule has 17 heavy (non-hydrogen) atoms. The van der Waals surface area contributed by atoms with E-state index in [1.54, 1.807) is 14.2 Å². The van der Waals surface area contributed by atoms with Crippen molar-refractivity contribution in [2.75, 3.05) is 14.2 Å². The number of hydrogen-bond donors (Lipinski definition) is 0. The summed E-state index contributed by atoms with van der Waals surface area (Å²) in [4.78, 5) is 0. The summed E-state index contributed by atoms with van der Waals surface area (Å²) >= 11 is 0.281. The fraction of sp³-hybridized carbons (Fsp3) is 0.143. The fourth-order valence-electron chi connectivity index (χ4n) is 1.46. The second kappa shape index (κ2) is 5.76. The van der Waals surface area contributed by atoms with Gasteiger partial charge in [-0.15, -0.1) is 0 Å². The van der Waals surface area contributed by atoms with Crippen molar-refractivity contribution in [3.8, 4) is 11.5 Å². The summed E-state index contributed by atoms with van der Waals surface area (Å²) < 4.78 is 13.1. The number of hydrogen-bond acceptors (Lipinski definition) is 2. The van der Waals surface area contributed by atoms with Gasteiger partial charge in [0.25, 0.3) is 0 Å². The Kier molecular flexibility index (Phi) is 4.07. The molecule has 0 atom stereocenters. The van der Waals surface area contributed by atoms with Gasteiger partial charge in [-0.2, -0.15) is 0 Å². The Labute approximate surface area is 108 Å². The van der Waals surface area contributed by atoms with Crippen molar-refractivity contribution in [3.63, 3.8) is 0 Å². The topological polar surface area (TPSA) is 18.5 Å². The first-order valence-electron chi connectivity index (χ1n) is 5.28. The van der Waals surface area contributed by atoms with Crippen molar-refractivity contribution in [2.45, 2.75) is 0 Å². The summed E-state index contributed by atoms with van der Waals surface area (Å²) in [6, 6.07) is 16.5.